The summed E-state index contributed by atoms with van der Waals surface area (Å²) >= 11 is 0. The Morgan fingerprint density at radius 2 is 0.821 bits per heavy atom. The number of allylic oxidation sites excluding steroid dienone is 6. The van der Waals surface area contributed by atoms with Gasteiger partial charge < -0.3 is 15.3 Å². The fourth-order valence-corrected chi connectivity index (χ4v) is 0.819. The predicted molar refractivity (Wildman–Crippen MR) is 74.1 cm³/mol. The maximum absolute atomic E-state index is 11.3. The quantitative estimate of drug-likeness (QED) is 0.343. The summed E-state index contributed by atoms with van der Waals surface area (Å²) in [6, 6.07) is 0. The van der Waals surface area contributed by atoms with Gasteiger partial charge in [0.2, 0.25) is 0 Å². The average Bonchev–Trinajstić information content (AvgIpc) is 2.34. The van der Waals surface area contributed by atoms with E-state index in [1.54, 1.807) is 0 Å². The molecular formula is C15H15CoF6O6. The molecule has 0 aromatic heterocycles. The summed E-state index contributed by atoms with van der Waals surface area (Å²) in [6.45, 7) is 4.45. The molecule has 0 aliphatic rings. The maximum atomic E-state index is 11.3. The minimum atomic E-state index is -4.92. The van der Waals surface area contributed by atoms with E-state index in [-0.39, 0.29) is 40.5 Å². The molecule has 0 bridgehead atoms. The van der Waals surface area contributed by atoms with Crippen molar-refractivity contribution in [1.82, 2.24) is 0 Å². The fourth-order valence-electron chi connectivity index (χ4n) is 0.819. The molecule has 0 aliphatic heterocycles. The van der Waals surface area contributed by atoms with E-state index in [0.29, 0.717) is 0 Å². The molecule has 6 nitrogen and oxygen atoms in total. The first kappa shape index (κ1) is 33.3. The molecule has 0 aromatic rings. The second-order valence-corrected chi connectivity index (χ2v) is 4.60. The Morgan fingerprint density at radius 1 is 0.607 bits per heavy atom. The van der Waals surface area contributed by atoms with E-state index in [4.69, 9.17) is 0 Å². The van der Waals surface area contributed by atoms with Crippen LogP contribution in [-0.2, 0) is 31.2 Å². The SMILES string of the molecule is CC(=O)/C=C(/C)[O-].CC(=O)/C=C(\[O-])C(F)(F)F.CC(=O)/C=C(\[O-])C(F)(F)F.[Co+3]. The Morgan fingerprint density at radius 3 is 0.857 bits per heavy atom. The van der Waals surface area contributed by atoms with Gasteiger partial charge in [0.05, 0.1) is 0 Å². The third-order valence-corrected chi connectivity index (χ3v) is 1.63. The van der Waals surface area contributed by atoms with Gasteiger partial charge in [-0.2, -0.15) is 26.3 Å². The Labute approximate surface area is 166 Å². The van der Waals surface area contributed by atoms with Crippen molar-refractivity contribution in [3.05, 3.63) is 35.5 Å². The molecular weight excluding hydrogens is 449 g/mol. The van der Waals surface area contributed by atoms with E-state index in [0.717, 1.165) is 19.9 Å². The van der Waals surface area contributed by atoms with Gasteiger partial charge in [-0.25, -0.2) is 0 Å². The smallest absolute Gasteiger partial charge is 0.876 e. The zero-order valence-electron chi connectivity index (χ0n) is 14.8. The van der Waals surface area contributed by atoms with Crippen molar-refractivity contribution < 1.29 is 72.8 Å². The van der Waals surface area contributed by atoms with Gasteiger partial charge in [0.1, 0.15) is 0 Å². The van der Waals surface area contributed by atoms with Gasteiger partial charge in [-0.05, 0) is 50.5 Å². The third kappa shape index (κ3) is 26.0. The van der Waals surface area contributed by atoms with Gasteiger partial charge >= 0.3 is 29.1 Å². The van der Waals surface area contributed by atoms with Crippen LogP contribution in [-0.4, -0.2) is 29.7 Å². The van der Waals surface area contributed by atoms with Crippen molar-refractivity contribution >= 4 is 17.3 Å². The Bertz CT molecular complexity index is 573. The van der Waals surface area contributed by atoms with E-state index in [1.807, 2.05) is 0 Å². The van der Waals surface area contributed by atoms with Crippen LogP contribution in [0.4, 0.5) is 26.3 Å². The summed E-state index contributed by atoms with van der Waals surface area (Å²) in [4.78, 5) is 29.8. The fraction of sp³-hybridized carbons (Fsp3) is 0.400. The van der Waals surface area contributed by atoms with Crippen LogP contribution in [0.3, 0.4) is 0 Å². The summed E-state index contributed by atoms with van der Waals surface area (Å²) in [5, 5.41) is 29.7. The van der Waals surface area contributed by atoms with Crippen LogP contribution in [0.15, 0.2) is 35.5 Å². The van der Waals surface area contributed by atoms with Gasteiger partial charge in [0.25, 0.3) is 0 Å². The summed E-state index contributed by atoms with van der Waals surface area (Å²) in [5.41, 5.74) is 0. The first-order chi connectivity index (χ1) is 11.8. The van der Waals surface area contributed by atoms with Crippen LogP contribution < -0.4 is 15.3 Å². The summed E-state index contributed by atoms with van der Waals surface area (Å²) < 4.78 is 67.7. The molecule has 0 unspecified atom stereocenters. The van der Waals surface area contributed by atoms with Crippen LogP contribution in [0.1, 0.15) is 27.7 Å². The second-order valence-electron chi connectivity index (χ2n) is 4.60. The van der Waals surface area contributed by atoms with Crippen LogP contribution in [0.25, 0.3) is 0 Å². The zero-order chi connectivity index (χ0) is 22.6. The summed E-state index contributed by atoms with van der Waals surface area (Å²) in [7, 11) is 0. The van der Waals surface area contributed by atoms with Crippen molar-refractivity contribution in [2.24, 2.45) is 0 Å². The van der Waals surface area contributed by atoms with Crippen molar-refractivity contribution in [2.75, 3.05) is 0 Å². The van der Waals surface area contributed by atoms with Gasteiger partial charge in [0.15, 0.2) is 17.3 Å². The minimum Gasteiger partial charge on any atom is -0.876 e. The van der Waals surface area contributed by atoms with Crippen LogP contribution >= 0.6 is 0 Å². The van der Waals surface area contributed by atoms with E-state index in [9.17, 15) is 56.0 Å². The summed E-state index contributed by atoms with van der Waals surface area (Å²) in [6.07, 6.45) is -8.77. The normalized spacial score (nSPS) is 12.4. The molecule has 0 heterocycles. The molecule has 0 aromatic carbocycles. The zero-order valence-corrected chi connectivity index (χ0v) is 15.8. The van der Waals surface area contributed by atoms with Crippen molar-refractivity contribution in [1.29, 1.82) is 0 Å². The number of hydrogen-bond donors (Lipinski definition) is 0. The molecule has 0 radical (unpaired) electrons. The molecule has 0 N–H and O–H groups in total. The number of rotatable bonds is 3. The average molecular weight is 464 g/mol. The number of hydrogen-bond acceptors (Lipinski definition) is 6. The number of halogens is 6. The molecule has 0 amide bonds. The molecule has 0 spiro atoms. The first-order valence-corrected chi connectivity index (χ1v) is 6.59. The maximum Gasteiger partial charge on any atom is 3.00 e. The molecule has 162 valence electrons. The molecule has 0 saturated heterocycles. The van der Waals surface area contributed by atoms with E-state index < -0.39 is 35.4 Å². The molecule has 28 heavy (non-hydrogen) atoms. The van der Waals surface area contributed by atoms with Crippen LogP contribution in [0.5, 0.6) is 0 Å². The monoisotopic (exact) mass is 464 g/mol. The van der Waals surface area contributed by atoms with E-state index in [1.165, 1.54) is 13.8 Å². The Balaban J connectivity index is -0.000000154. The summed E-state index contributed by atoms with van der Waals surface area (Å²) in [5.74, 6) is -6.40. The second kappa shape index (κ2) is 14.7. The van der Waals surface area contributed by atoms with Crippen LogP contribution in [0.2, 0.25) is 0 Å². The Hall–Kier alpha value is -2.28. The van der Waals surface area contributed by atoms with Crippen molar-refractivity contribution in [3.8, 4) is 0 Å². The van der Waals surface area contributed by atoms with Gasteiger partial charge in [-0.1, -0.05) is 6.92 Å². The van der Waals surface area contributed by atoms with Crippen LogP contribution in [0, 0.1) is 0 Å². The number of ketones is 3. The topological polar surface area (TPSA) is 120 Å². The number of carbonyl (C=O) groups excluding carboxylic acids is 3. The van der Waals surface area contributed by atoms with Gasteiger partial charge in [0, 0.05) is 0 Å². The largest absolute Gasteiger partial charge is 3.00 e. The van der Waals surface area contributed by atoms with Crippen molar-refractivity contribution in [2.45, 2.75) is 40.0 Å². The van der Waals surface area contributed by atoms with Gasteiger partial charge in [-0.3, -0.25) is 14.4 Å². The molecule has 0 saturated carbocycles. The van der Waals surface area contributed by atoms with E-state index in [2.05, 4.69) is 0 Å². The predicted octanol–water partition coefficient (Wildman–Crippen LogP) is 0.601. The van der Waals surface area contributed by atoms with Crippen molar-refractivity contribution in [3.63, 3.8) is 0 Å². The van der Waals surface area contributed by atoms with E-state index >= 15 is 0 Å². The Kier molecular flexibility index (Phi) is 17.5. The molecule has 0 atom stereocenters. The third-order valence-electron chi connectivity index (χ3n) is 1.63. The first-order valence-electron chi connectivity index (χ1n) is 6.59. The number of carbonyl (C=O) groups is 3. The standard InChI is InChI=1S/2C5H5F3O2.C5H8O2.Co/c2*1-3(9)2-4(10)5(6,7)8;1-4(6)3-5(2)7;/h2*2,10H,1H3;3,6H,1-2H3;/q;;;+3/p-3/b2*4-2-;4-3-;. The number of alkyl halides is 6. The van der Waals surface area contributed by atoms with Gasteiger partial charge in [-0.15, -0.1) is 5.76 Å². The molecule has 0 rings (SSSR count). The molecule has 13 heteroatoms. The molecule has 0 aliphatic carbocycles. The minimum absolute atomic E-state index is 0. The molecule has 0 fully saturated rings.